The molecule has 1 aromatic carbocycles. The summed E-state index contributed by atoms with van der Waals surface area (Å²) < 4.78 is 0. The smallest absolute Gasteiger partial charge is 0.228 e. The molecule has 0 spiro atoms. The Bertz CT molecular complexity index is 551. The SMILES string of the molecule is CCCC(CN)C(=O)Nc1ccccc1-c1cccs1. The normalized spacial score (nSPS) is 12.1. The molecule has 2 aromatic rings. The summed E-state index contributed by atoms with van der Waals surface area (Å²) in [6.45, 7) is 2.45. The highest BCUT2D eigenvalue weighted by molar-refractivity contribution is 7.13. The van der Waals surface area contributed by atoms with E-state index in [0.29, 0.717) is 6.54 Å². The lowest BCUT2D eigenvalue weighted by Crippen LogP contribution is -2.29. The van der Waals surface area contributed by atoms with Crippen molar-refractivity contribution in [3.05, 3.63) is 41.8 Å². The second-order valence-corrected chi connectivity index (χ2v) is 5.68. The van der Waals surface area contributed by atoms with E-state index in [4.69, 9.17) is 5.73 Å². The Morgan fingerprint density at radius 3 is 2.75 bits per heavy atom. The van der Waals surface area contributed by atoms with Crippen LogP contribution in [0.5, 0.6) is 0 Å². The molecular weight excluding hydrogens is 268 g/mol. The standard InChI is InChI=1S/C16H20N2OS/c1-2-6-12(11-17)16(19)18-14-8-4-3-7-13(14)15-9-5-10-20-15/h3-5,7-10,12H,2,6,11,17H2,1H3,(H,18,19). The minimum absolute atomic E-state index is 0.0124. The van der Waals surface area contributed by atoms with Crippen LogP contribution in [0.15, 0.2) is 41.8 Å². The van der Waals surface area contributed by atoms with Crippen LogP contribution in [-0.2, 0) is 4.79 Å². The van der Waals surface area contributed by atoms with Gasteiger partial charge < -0.3 is 11.1 Å². The monoisotopic (exact) mass is 288 g/mol. The number of anilines is 1. The molecule has 1 amide bonds. The third kappa shape index (κ3) is 3.46. The second kappa shape index (κ2) is 7.22. The van der Waals surface area contributed by atoms with Crippen LogP contribution in [-0.4, -0.2) is 12.5 Å². The molecule has 1 atom stereocenters. The van der Waals surface area contributed by atoms with Crippen LogP contribution < -0.4 is 11.1 Å². The molecule has 106 valence electrons. The Balaban J connectivity index is 2.19. The van der Waals surface area contributed by atoms with Crippen LogP contribution in [0, 0.1) is 5.92 Å². The van der Waals surface area contributed by atoms with Crippen molar-refractivity contribution < 1.29 is 4.79 Å². The van der Waals surface area contributed by atoms with Gasteiger partial charge in [-0.3, -0.25) is 4.79 Å². The minimum atomic E-state index is -0.114. The number of carbonyl (C=O) groups excluding carboxylic acids is 1. The van der Waals surface area contributed by atoms with Gasteiger partial charge in [-0.25, -0.2) is 0 Å². The molecular formula is C16H20N2OS. The molecule has 2 rings (SSSR count). The average molecular weight is 288 g/mol. The Morgan fingerprint density at radius 2 is 2.10 bits per heavy atom. The number of carbonyl (C=O) groups is 1. The van der Waals surface area contributed by atoms with Gasteiger partial charge in [0.05, 0.1) is 5.92 Å². The van der Waals surface area contributed by atoms with Crippen molar-refractivity contribution in [1.29, 1.82) is 0 Å². The molecule has 0 radical (unpaired) electrons. The van der Waals surface area contributed by atoms with Gasteiger partial charge in [-0.2, -0.15) is 0 Å². The van der Waals surface area contributed by atoms with Gasteiger partial charge in [0.15, 0.2) is 0 Å². The zero-order chi connectivity index (χ0) is 14.4. The van der Waals surface area contributed by atoms with Crippen LogP contribution in [0.25, 0.3) is 10.4 Å². The number of nitrogens with one attached hydrogen (secondary N) is 1. The number of hydrogen-bond donors (Lipinski definition) is 2. The van der Waals surface area contributed by atoms with Crippen LogP contribution >= 0.6 is 11.3 Å². The fraction of sp³-hybridized carbons (Fsp3) is 0.312. The second-order valence-electron chi connectivity index (χ2n) is 4.73. The summed E-state index contributed by atoms with van der Waals surface area (Å²) >= 11 is 1.67. The van der Waals surface area contributed by atoms with E-state index >= 15 is 0 Å². The number of hydrogen-bond acceptors (Lipinski definition) is 3. The van der Waals surface area contributed by atoms with Crippen molar-refractivity contribution in [3.8, 4) is 10.4 Å². The maximum absolute atomic E-state index is 12.3. The Morgan fingerprint density at radius 1 is 1.30 bits per heavy atom. The van der Waals surface area contributed by atoms with E-state index in [0.717, 1.165) is 29.0 Å². The maximum atomic E-state index is 12.3. The lowest BCUT2D eigenvalue weighted by Gasteiger charge is -2.15. The van der Waals surface area contributed by atoms with Gasteiger partial charge in [-0.1, -0.05) is 37.6 Å². The van der Waals surface area contributed by atoms with Gasteiger partial charge in [0, 0.05) is 22.7 Å². The van der Waals surface area contributed by atoms with Crippen LogP contribution in [0.1, 0.15) is 19.8 Å². The number of rotatable bonds is 6. The molecule has 0 aliphatic heterocycles. The third-order valence-electron chi connectivity index (χ3n) is 3.26. The summed E-state index contributed by atoms with van der Waals surface area (Å²) in [5.74, 6) is -0.102. The molecule has 0 saturated heterocycles. The molecule has 0 aliphatic rings. The van der Waals surface area contributed by atoms with E-state index in [2.05, 4.69) is 18.3 Å². The molecule has 4 heteroatoms. The van der Waals surface area contributed by atoms with Crippen molar-refractivity contribution in [3.63, 3.8) is 0 Å². The molecule has 20 heavy (non-hydrogen) atoms. The quantitative estimate of drug-likeness (QED) is 0.851. The molecule has 3 nitrogen and oxygen atoms in total. The summed E-state index contributed by atoms with van der Waals surface area (Å²) in [6, 6.07) is 12.0. The summed E-state index contributed by atoms with van der Waals surface area (Å²) in [5.41, 5.74) is 7.60. The van der Waals surface area contributed by atoms with Crippen molar-refractivity contribution in [1.82, 2.24) is 0 Å². The molecule has 0 fully saturated rings. The molecule has 1 aromatic heterocycles. The van der Waals surface area contributed by atoms with E-state index < -0.39 is 0 Å². The lowest BCUT2D eigenvalue weighted by molar-refractivity contribution is -0.119. The third-order valence-corrected chi connectivity index (χ3v) is 4.17. The number of thiophene rings is 1. The first-order valence-electron chi connectivity index (χ1n) is 6.90. The van der Waals surface area contributed by atoms with Crippen LogP contribution in [0.3, 0.4) is 0 Å². The molecule has 1 heterocycles. The summed E-state index contributed by atoms with van der Waals surface area (Å²) in [7, 11) is 0. The van der Waals surface area contributed by atoms with Gasteiger partial charge in [0.25, 0.3) is 0 Å². The first-order valence-corrected chi connectivity index (χ1v) is 7.78. The van der Waals surface area contributed by atoms with Gasteiger partial charge in [0.2, 0.25) is 5.91 Å². The Hall–Kier alpha value is -1.65. The molecule has 0 bridgehead atoms. The van der Waals surface area contributed by atoms with E-state index in [-0.39, 0.29) is 11.8 Å². The maximum Gasteiger partial charge on any atom is 0.228 e. The predicted octanol–water partition coefficient (Wildman–Crippen LogP) is 3.73. The summed E-state index contributed by atoms with van der Waals surface area (Å²) in [6.07, 6.45) is 1.78. The molecule has 0 aliphatic carbocycles. The fourth-order valence-electron chi connectivity index (χ4n) is 2.18. The molecule has 3 N–H and O–H groups in total. The van der Waals surface area contributed by atoms with Crippen molar-refractivity contribution in [2.24, 2.45) is 11.7 Å². The van der Waals surface area contributed by atoms with Gasteiger partial charge in [-0.15, -0.1) is 11.3 Å². The highest BCUT2D eigenvalue weighted by Gasteiger charge is 2.17. The van der Waals surface area contributed by atoms with Crippen molar-refractivity contribution >= 4 is 22.9 Å². The highest BCUT2D eigenvalue weighted by Crippen LogP contribution is 2.31. The number of nitrogens with two attached hydrogens (primary N) is 1. The summed E-state index contributed by atoms with van der Waals surface area (Å²) in [4.78, 5) is 13.4. The Kier molecular flexibility index (Phi) is 5.32. The molecule has 1 unspecified atom stereocenters. The van der Waals surface area contributed by atoms with E-state index in [1.54, 1.807) is 11.3 Å². The van der Waals surface area contributed by atoms with Crippen LogP contribution in [0.4, 0.5) is 5.69 Å². The zero-order valence-electron chi connectivity index (χ0n) is 11.6. The first kappa shape index (κ1) is 14.8. The zero-order valence-corrected chi connectivity index (χ0v) is 12.5. The number of benzene rings is 1. The van der Waals surface area contributed by atoms with Gasteiger partial charge >= 0.3 is 0 Å². The minimum Gasteiger partial charge on any atom is -0.330 e. The number of amides is 1. The molecule has 0 saturated carbocycles. The Labute approximate surface area is 123 Å². The van der Waals surface area contributed by atoms with Crippen molar-refractivity contribution in [2.45, 2.75) is 19.8 Å². The van der Waals surface area contributed by atoms with E-state index in [1.165, 1.54) is 0 Å². The van der Waals surface area contributed by atoms with Crippen molar-refractivity contribution in [2.75, 3.05) is 11.9 Å². The lowest BCUT2D eigenvalue weighted by atomic mass is 10.0. The number of para-hydroxylation sites is 1. The van der Waals surface area contributed by atoms with Gasteiger partial charge in [-0.05, 0) is 23.9 Å². The largest absolute Gasteiger partial charge is 0.330 e. The first-order chi connectivity index (χ1) is 9.76. The van der Waals surface area contributed by atoms with Crippen LogP contribution in [0.2, 0.25) is 0 Å². The van der Waals surface area contributed by atoms with E-state index in [1.807, 2.05) is 35.7 Å². The summed E-state index contributed by atoms with van der Waals surface area (Å²) in [5, 5.41) is 5.06. The van der Waals surface area contributed by atoms with E-state index in [9.17, 15) is 4.79 Å². The topological polar surface area (TPSA) is 55.1 Å². The average Bonchev–Trinajstić information content (AvgIpc) is 2.99. The highest BCUT2D eigenvalue weighted by atomic mass is 32.1. The predicted molar refractivity (Wildman–Crippen MR) is 85.8 cm³/mol. The van der Waals surface area contributed by atoms with Gasteiger partial charge in [0.1, 0.15) is 0 Å². The fourth-order valence-corrected chi connectivity index (χ4v) is 2.94.